The molecule has 0 saturated heterocycles. The predicted molar refractivity (Wildman–Crippen MR) is 84.0 cm³/mol. The number of carbonyl (C=O) groups excluding carboxylic acids is 1. The minimum atomic E-state index is -0.189. The van der Waals surface area contributed by atoms with E-state index in [1.54, 1.807) is 29.2 Å². The van der Waals surface area contributed by atoms with Crippen molar-refractivity contribution in [1.82, 2.24) is 14.9 Å². The fourth-order valence-electron chi connectivity index (χ4n) is 2.31. The van der Waals surface area contributed by atoms with E-state index in [0.717, 1.165) is 0 Å². The van der Waals surface area contributed by atoms with Crippen molar-refractivity contribution >= 4 is 17.4 Å². The molecule has 0 radical (unpaired) electrons. The first kappa shape index (κ1) is 14.2. The number of amides is 1. The molecule has 0 aliphatic heterocycles. The van der Waals surface area contributed by atoms with Gasteiger partial charge in [-0.25, -0.2) is 4.98 Å². The number of hydrogen-bond donors (Lipinski definition) is 3. The summed E-state index contributed by atoms with van der Waals surface area (Å²) in [6.07, 6.45) is 5.58. The average molecular weight is 301 g/mol. The number of aromatic nitrogens is 2. The van der Waals surface area contributed by atoms with Gasteiger partial charge in [-0.3, -0.25) is 4.79 Å². The lowest BCUT2D eigenvalue weighted by atomic mass is 10.1. The van der Waals surface area contributed by atoms with Gasteiger partial charge in [-0.1, -0.05) is 0 Å². The van der Waals surface area contributed by atoms with Crippen molar-refractivity contribution < 1.29 is 9.53 Å². The predicted octanol–water partition coefficient (Wildman–Crippen LogP) is 1.19. The SMILES string of the molecule is COc1c(N)cc(-n2cnc(N)c2)cc1C(=O)NCC1CC1. The molecule has 0 atom stereocenters. The second-order valence-corrected chi connectivity index (χ2v) is 5.48. The summed E-state index contributed by atoms with van der Waals surface area (Å²) in [5.41, 5.74) is 13.1. The average Bonchev–Trinajstić information content (AvgIpc) is 3.23. The molecule has 1 aromatic carbocycles. The highest BCUT2D eigenvalue weighted by Crippen LogP contribution is 2.31. The number of nitrogen functional groups attached to an aromatic ring is 2. The maximum Gasteiger partial charge on any atom is 0.255 e. The Bertz CT molecular complexity index is 706. The van der Waals surface area contributed by atoms with Gasteiger partial charge < -0.3 is 26.1 Å². The van der Waals surface area contributed by atoms with Gasteiger partial charge in [0, 0.05) is 12.2 Å². The number of rotatable bonds is 5. The molecule has 116 valence electrons. The molecule has 1 aliphatic rings. The summed E-state index contributed by atoms with van der Waals surface area (Å²) in [4.78, 5) is 16.4. The maximum atomic E-state index is 12.4. The number of benzene rings is 1. The van der Waals surface area contributed by atoms with Crippen LogP contribution in [0.4, 0.5) is 11.5 Å². The Morgan fingerprint density at radius 3 is 2.82 bits per heavy atom. The Morgan fingerprint density at radius 2 is 2.23 bits per heavy atom. The van der Waals surface area contributed by atoms with Gasteiger partial charge in [0.2, 0.25) is 0 Å². The maximum absolute atomic E-state index is 12.4. The zero-order valence-corrected chi connectivity index (χ0v) is 12.4. The standard InChI is InChI=1S/C15H19N5O2/c1-22-14-11(15(21)18-6-9-2-3-9)4-10(5-12(14)16)20-7-13(17)19-8-20/h4-5,7-9H,2-3,6,16-17H2,1H3,(H,18,21). The smallest absolute Gasteiger partial charge is 0.255 e. The number of methoxy groups -OCH3 is 1. The van der Waals surface area contributed by atoms with Crippen molar-refractivity contribution in [2.24, 2.45) is 5.92 Å². The Morgan fingerprint density at radius 1 is 1.45 bits per heavy atom. The van der Waals surface area contributed by atoms with E-state index in [9.17, 15) is 4.79 Å². The molecule has 2 aromatic rings. The second kappa shape index (κ2) is 5.59. The van der Waals surface area contributed by atoms with Crippen LogP contribution in [0.3, 0.4) is 0 Å². The largest absolute Gasteiger partial charge is 0.494 e. The molecule has 1 aromatic heterocycles. The molecule has 1 heterocycles. The van der Waals surface area contributed by atoms with E-state index in [4.69, 9.17) is 16.2 Å². The third-order valence-electron chi connectivity index (χ3n) is 3.70. The van der Waals surface area contributed by atoms with Gasteiger partial charge in [0.1, 0.15) is 12.1 Å². The van der Waals surface area contributed by atoms with Gasteiger partial charge in [-0.05, 0) is 30.9 Å². The Kier molecular flexibility index (Phi) is 3.62. The summed E-state index contributed by atoms with van der Waals surface area (Å²) in [6, 6.07) is 3.44. The van der Waals surface area contributed by atoms with Gasteiger partial charge in [0.25, 0.3) is 5.91 Å². The van der Waals surface area contributed by atoms with Crippen LogP contribution in [0.25, 0.3) is 5.69 Å². The van der Waals surface area contributed by atoms with Crippen molar-refractivity contribution in [2.45, 2.75) is 12.8 Å². The first-order valence-corrected chi connectivity index (χ1v) is 7.14. The van der Waals surface area contributed by atoms with Gasteiger partial charge in [-0.2, -0.15) is 0 Å². The van der Waals surface area contributed by atoms with E-state index >= 15 is 0 Å². The molecule has 1 saturated carbocycles. The Balaban J connectivity index is 1.94. The van der Waals surface area contributed by atoms with E-state index in [0.29, 0.717) is 41.0 Å². The summed E-state index contributed by atoms with van der Waals surface area (Å²) in [5.74, 6) is 1.19. The topological polar surface area (TPSA) is 108 Å². The number of nitrogens with two attached hydrogens (primary N) is 2. The van der Waals surface area contributed by atoms with Crippen LogP contribution in [-0.4, -0.2) is 29.1 Å². The molecule has 3 rings (SSSR count). The fourth-order valence-corrected chi connectivity index (χ4v) is 2.31. The van der Waals surface area contributed by atoms with E-state index in [2.05, 4.69) is 10.3 Å². The Labute approximate surface area is 128 Å². The van der Waals surface area contributed by atoms with Crippen molar-refractivity contribution in [1.29, 1.82) is 0 Å². The number of nitrogens with zero attached hydrogens (tertiary/aromatic N) is 2. The summed E-state index contributed by atoms with van der Waals surface area (Å²) >= 11 is 0. The second-order valence-electron chi connectivity index (χ2n) is 5.48. The van der Waals surface area contributed by atoms with Crippen molar-refractivity contribution in [3.05, 3.63) is 30.2 Å². The number of hydrogen-bond acceptors (Lipinski definition) is 5. The molecule has 7 heteroatoms. The normalized spacial score (nSPS) is 13.9. The van der Waals surface area contributed by atoms with Crippen molar-refractivity contribution in [3.63, 3.8) is 0 Å². The van der Waals surface area contributed by atoms with E-state index < -0.39 is 0 Å². The minimum absolute atomic E-state index is 0.189. The highest BCUT2D eigenvalue weighted by atomic mass is 16.5. The van der Waals surface area contributed by atoms with Crippen LogP contribution in [0.15, 0.2) is 24.7 Å². The zero-order chi connectivity index (χ0) is 15.7. The van der Waals surface area contributed by atoms with Crippen molar-refractivity contribution in [3.8, 4) is 11.4 Å². The first-order chi connectivity index (χ1) is 10.6. The first-order valence-electron chi connectivity index (χ1n) is 7.14. The molecule has 0 bridgehead atoms. The summed E-state index contributed by atoms with van der Waals surface area (Å²) in [6.45, 7) is 0.685. The number of ether oxygens (including phenoxy) is 1. The molecular weight excluding hydrogens is 282 g/mol. The third kappa shape index (κ3) is 2.83. The minimum Gasteiger partial charge on any atom is -0.494 e. The molecule has 0 unspecified atom stereocenters. The number of nitrogens with one attached hydrogen (secondary N) is 1. The van der Waals surface area contributed by atoms with Crippen LogP contribution in [-0.2, 0) is 0 Å². The fraction of sp³-hybridized carbons (Fsp3) is 0.333. The van der Waals surface area contributed by atoms with Crippen molar-refractivity contribution in [2.75, 3.05) is 25.1 Å². The lowest BCUT2D eigenvalue weighted by Crippen LogP contribution is -2.26. The van der Waals surface area contributed by atoms with Gasteiger partial charge in [0.15, 0.2) is 5.75 Å². The summed E-state index contributed by atoms with van der Waals surface area (Å²) < 4.78 is 6.99. The third-order valence-corrected chi connectivity index (χ3v) is 3.70. The molecule has 1 amide bonds. The Hall–Kier alpha value is -2.70. The van der Waals surface area contributed by atoms with Crippen LogP contribution in [0.1, 0.15) is 23.2 Å². The number of imidazole rings is 1. The van der Waals surface area contributed by atoms with Crippen LogP contribution < -0.4 is 21.5 Å². The zero-order valence-electron chi connectivity index (χ0n) is 12.4. The highest BCUT2D eigenvalue weighted by Gasteiger charge is 2.23. The lowest BCUT2D eigenvalue weighted by molar-refractivity contribution is 0.0949. The van der Waals surface area contributed by atoms with E-state index in [-0.39, 0.29) is 5.91 Å². The van der Waals surface area contributed by atoms with E-state index in [1.807, 2.05) is 0 Å². The van der Waals surface area contributed by atoms with Gasteiger partial charge >= 0.3 is 0 Å². The molecule has 1 aliphatic carbocycles. The van der Waals surface area contributed by atoms with Crippen LogP contribution >= 0.6 is 0 Å². The van der Waals surface area contributed by atoms with Gasteiger partial charge in [-0.15, -0.1) is 0 Å². The quantitative estimate of drug-likeness (QED) is 0.719. The van der Waals surface area contributed by atoms with Crippen LogP contribution in [0.2, 0.25) is 0 Å². The molecule has 22 heavy (non-hydrogen) atoms. The van der Waals surface area contributed by atoms with Crippen LogP contribution in [0, 0.1) is 5.92 Å². The summed E-state index contributed by atoms with van der Waals surface area (Å²) in [5, 5.41) is 2.92. The lowest BCUT2D eigenvalue weighted by Gasteiger charge is -2.14. The van der Waals surface area contributed by atoms with Crippen LogP contribution in [0.5, 0.6) is 5.75 Å². The van der Waals surface area contributed by atoms with E-state index in [1.165, 1.54) is 20.0 Å². The van der Waals surface area contributed by atoms with Gasteiger partial charge in [0.05, 0.1) is 24.6 Å². The molecule has 7 nitrogen and oxygen atoms in total. The summed E-state index contributed by atoms with van der Waals surface area (Å²) in [7, 11) is 1.50. The number of anilines is 2. The highest BCUT2D eigenvalue weighted by molar-refractivity contribution is 5.99. The number of carbonyl (C=O) groups is 1. The molecule has 5 N–H and O–H groups in total. The molecule has 1 fully saturated rings. The molecular formula is C15H19N5O2. The monoisotopic (exact) mass is 301 g/mol. The molecule has 0 spiro atoms.